The lowest BCUT2D eigenvalue weighted by molar-refractivity contribution is 0.102. The Labute approximate surface area is 180 Å². The molecule has 0 saturated heterocycles. The molecule has 0 radical (unpaired) electrons. The first kappa shape index (κ1) is 19.6. The smallest absolute Gasteiger partial charge is 0.258 e. The van der Waals surface area contributed by atoms with Crippen LogP contribution in [-0.4, -0.2) is 15.5 Å². The van der Waals surface area contributed by atoms with Crippen molar-refractivity contribution < 1.29 is 4.79 Å². The molecule has 4 rings (SSSR count). The minimum absolute atomic E-state index is 0.246. The molecule has 0 aliphatic carbocycles. The normalized spacial score (nSPS) is 11.0. The molecule has 29 heavy (non-hydrogen) atoms. The summed E-state index contributed by atoms with van der Waals surface area (Å²) in [4.78, 5) is 30.3. The number of amides is 1. The van der Waals surface area contributed by atoms with Crippen LogP contribution in [0.5, 0.6) is 0 Å². The molecule has 0 saturated carbocycles. The average Bonchev–Trinajstić information content (AvgIpc) is 3.14. The van der Waals surface area contributed by atoms with E-state index >= 15 is 0 Å². The van der Waals surface area contributed by atoms with Crippen molar-refractivity contribution in [2.45, 2.75) is 6.42 Å². The number of hydrogen-bond donors (Lipinski definition) is 1. The van der Waals surface area contributed by atoms with E-state index in [0.29, 0.717) is 38.1 Å². The molecule has 0 fully saturated rings. The van der Waals surface area contributed by atoms with Gasteiger partial charge in [-0.3, -0.25) is 14.9 Å². The Hall–Kier alpha value is -2.67. The summed E-state index contributed by atoms with van der Waals surface area (Å²) >= 11 is 13.6. The number of rotatable bonds is 4. The van der Waals surface area contributed by atoms with Gasteiger partial charge in [-0.1, -0.05) is 41.4 Å². The van der Waals surface area contributed by atoms with Gasteiger partial charge in [0.2, 0.25) is 0 Å². The summed E-state index contributed by atoms with van der Waals surface area (Å²) in [6.45, 7) is 0. The van der Waals surface area contributed by atoms with Crippen molar-refractivity contribution in [2.75, 3.05) is 5.32 Å². The van der Waals surface area contributed by atoms with E-state index in [-0.39, 0.29) is 11.5 Å². The fraction of sp³-hybridized carbons (Fsp3) is 0.0952. The third-order valence-corrected chi connectivity index (χ3v) is 6.06. The minimum atomic E-state index is -0.374. The molecule has 0 aliphatic heterocycles. The molecule has 2 aromatic heterocycles. The highest BCUT2D eigenvalue weighted by Crippen LogP contribution is 2.27. The van der Waals surface area contributed by atoms with Crippen molar-refractivity contribution in [1.29, 1.82) is 0 Å². The highest BCUT2D eigenvalue weighted by atomic mass is 35.5. The summed E-state index contributed by atoms with van der Waals surface area (Å²) in [6.07, 6.45) is 2.25. The van der Waals surface area contributed by atoms with Crippen LogP contribution in [0.2, 0.25) is 10.0 Å². The molecule has 1 amide bonds. The third kappa shape index (κ3) is 4.05. The molecule has 2 heterocycles. The predicted octanol–water partition coefficient (Wildman–Crippen LogP) is 5.14. The van der Waals surface area contributed by atoms with E-state index in [1.54, 1.807) is 25.4 Å². The van der Waals surface area contributed by atoms with Crippen LogP contribution < -0.4 is 10.9 Å². The summed E-state index contributed by atoms with van der Waals surface area (Å²) in [5, 5.41) is 5.18. The molecule has 0 aliphatic rings. The fourth-order valence-corrected chi connectivity index (χ4v) is 4.29. The van der Waals surface area contributed by atoms with Gasteiger partial charge in [0.05, 0.1) is 11.1 Å². The maximum absolute atomic E-state index is 12.8. The molecule has 0 spiro atoms. The maximum atomic E-state index is 12.8. The Kier molecular flexibility index (Phi) is 5.41. The monoisotopic (exact) mass is 443 g/mol. The van der Waals surface area contributed by atoms with E-state index in [4.69, 9.17) is 23.2 Å². The standard InChI is InChI=1S/C21H15Cl2N3O2S/c1-26-18-5-3-2-4-15(18)16(10-19(26)27)20(28)25-21-24-11-14(29-21)9-12-8-13(22)6-7-17(12)23/h2-8,10-11H,9H2,1H3,(H,24,25,28). The van der Waals surface area contributed by atoms with Gasteiger partial charge in [0.1, 0.15) is 0 Å². The number of anilines is 1. The van der Waals surface area contributed by atoms with Crippen LogP contribution in [0.15, 0.2) is 59.5 Å². The minimum Gasteiger partial charge on any atom is -0.311 e. The second-order valence-electron chi connectivity index (χ2n) is 6.47. The summed E-state index contributed by atoms with van der Waals surface area (Å²) in [5.74, 6) is -0.374. The van der Waals surface area contributed by atoms with Crippen LogP contribution >= 0.6 is 34.5 Å². The summed E-state index contributed by atoms with van der Waals surface area (Å²) in [5.41, 5.74) is 1.65. The van der Waals surface area contributed by atoms with Gasteiger partial charge in [-0.05, 0) is 29.8 Å². The van der Waals surface area contributed by atoms with E-state index in [2.05, 4.69) is 10.3 Å². The highest BCUT2D eigenvalue weighted by Gasteiger charge is 2.15. The van der Waals surface area contributed by atoms with Crippen LogP contribution in [0, 0.1) is 0 Å². The summed E-state index contributed by atoms with van der Waals surface area (Å²) in [6, 6.07) is 13.9. The van der Waals surface area contributed by atoms with Crippen LogP contribution in [0.25, 0.3) is 10.9 Å². The molecule has 5 nitrogen and oxygen atoms in total. The first-order chi connectivity index (χ1) is 13.9. The van der Waals surface area contributed by atoms with Crippen LogP contribution in [0.4, 0.5) is 5.13 Å². The summed E-state index contributed by atoms with van der Waals surface area (Å²) < 4.78 is 1.52. The van der Waals surface area contributed by atoms with Crippen molar-refractivity contribution in [2.24, 2.45) is 7.05 Å². The van der Waals surface area contributed by atoms with Gasteiger partial charge >= 0.3 is 0 Å². The number of thiazole rings is 1. The quantitative estimate of drug-likeness (QED) is 0.474. The number of aromatic nitrogens is 2. The SMILES string of the molecule is Cn1c(=O)cc(C(=O)Nc2ncc(Cc3cc(Cl)ccc3Cl)s2)c2ccccc21. The third-order valence-electron chi connectivity index (χ3n) is 4.55. The molecule has 0 bridgehead atoms. The lowest BCUT2D eigenvalue weighted by Gasteiger charge is -2.09. The first-order valence-electron chi connectivity index (χ1n) is 8.71. The number of benzene rings is 2. The second kappa shape index (κ2) is 7.99. The molecule has 146 valence electrons. The number of pyridine rings is 1. The van der Waals surface area contributed by atoms with E-state index in [1.807, 2.05) is 30.3 Å². The molecule has 2 aromatic carbocycles. The van der Waals surface area contributed by atoms with Gasteiger partial charge in [-0.15, -0.1) is 11.3 Å². The molecular formula is C21H15Cl2N3O2S. The van der Waals surface area contributed by atoms with Crippen molar-refractivity contribution in [1.82, 2.24) is 9.55 Å². The van der Waals surface area contributed by atoms with Gasteiger partial charge in [0.25, 0.3) is 11.5 Å². The number of nitrogens with one attached hydrogen (secondary N) is 1. The first-order valence-corrected chi connectivity index (χ1v) is 10.3. The van der Waals surface area contributed by atoms with Crippen LogP contribution in [-0.2, 0) is 13.5 Å². The fourth-order valence-electron chi connectivity index (χ4n) is 3.08. The van der Waals surface area contributed by atoms with Gasteiger partial charge < -0.3 is 4.57 Å². The van der Waals surface area contributed by atoms with Gasteiger partial charge in [-0.2, -0.15) is 0 Å². The molecule has 0 atom stereocenters. The lowest BCUT2D eigenvalue weighted by atomic mass is 10.1. The molecule has 8 heteroatoms. The number of aryl methyl sites for hydroxylation is 1. The number of carbonyl (C=O) groups is 1. The molecular weight excluding hydrogens is 429 g/mol. The number of fused-ring (bicyclic) bond motifs is 1. The molecule has 1 N–H and O–H groups in total. The Balaban J connectivity index is 1.59. The van der Waals surface area contributed by atoms with Gasteiger partial charge in [0.15, 0.2) is 5.13 Å². The lowest BCUT2D eigenvalue weighted by Crippen LogP contribution is -2.21. The van der Waals surface area contributed by atoms with Crippen molar-refractivity contribution >= 4 is 56.5 Å². The number of carbonyl (C=O) groups excluding carboxylic acids is 1. The van der Waals surface area contributed by atoms with Crippen molar-refractivity contribution in [3.8, 4) is 0 Å². The maximum Gasteiger partial charge on any atom is 0.258 e. The number of hydrogen-bond acceptors (Lipinski definition) is 4. The predicted molar refractivity (Wildman–Crippen MR) is 119 cm³/mol. The Morgan fingerprint density at radius 3 is 2.79 bits per heavy atom. The zero-order valence-corrected chi connectivity index (χ0v) is 17.6. The van der Waals surface area contributed by atoms with Crippen LogP contribution in [0.3, 0.4) is 0 Å². The zero-order valence-electron chi connectivity index (χ0n) is 15.3. The van der Waals surface area contributed by atoms with E-state index in [9.17, 15) is 9.59 Å². The number of halogens is 2. The summed E-state index contributed by atoms with van der Waals surface area (Å²) in [7, 11) is 1.68. The highest BCUT2D eigenvalue weighted by molar-refractivity contribution is 7.15. The number of para-hydroxylation sites is 1. The average molecular weight is 444 g/mol. The van der Waals surface area contributed by atoms with Gasteiger partial charge in [-0.25, -0.2) is 4.98 Å². The molecule has 4 aromatic rings. The topological polar surface area (TPSA) is 64.0 Å². The number of nitrogens with zero attached hydrogens (tertiary/aromatic N) is 2. The zero-order chi connectivity index (χ0) is 20.5. The Morgan fingerprint density at radius 1 is 1.17 bits per heavy atom. The van der Waals surface area contributed by atoms with Crippen LogP contribution in [0.1, 0.15) is 20.8 Å². The largest absolute Gasteiger partial charge is 0.311 e. The van der Waals surface area contributed by atoms with E-state index in [0.717, 1.165) is 10.4 Å². The second-order valence-corrected chi connectivity index (χ2v) is 8.43. The van der Waals surface area contributed by atoms with E-state index in [1.165, 1.54) is 22.0 Å². The molecule has 0 unspecified atom stereocenters. The van der Waals surface area contributed by atoms with Crippen molar-refractivity contribution in [3.63, 3.8) is 0 Å². The van der Waals surface area contributed by atoms with Crippen molar-refractivity contribution in [3.05, 3.63) is 91.1 Å². The van der Waals surface area contributed by atoms with E-state index < -0.39 is 0 Å². The Morgan fingerprint density at radius 2 is 1.97 bits per heavy atom. The Bertz CT molecular complexity index is 1300. The van der Waals surface area contributed by atoms with Gasteiger partial charge in [0, 0.05) is 46.0 Å².